The molecular weight excluding hydrogens is 438 g/mol. The van der Waals surface area contributed by atoms with Crippen molar-refractivity contribution in [3.05, 3.63) is 47.0 Å². The third-order valence-electron chi connectivity index (χ3n) is 5.05. The second-order valence-corrected chi connectivity index (χ2v) is 7.68. The quantitative estimate of drug-likeness (QED) is 0.294. The molecule has 3 N–H and O–H groups in total. The molecule has 0 radical (unpaired) electrons. The number of carbonyl (C=O) groups excluding carboxylic acids is 2. The molecule has 8 nitrogen and oxygen atoms in total. The van der Waals surface area contributed by atoms with Gasteiger partial charge in [-0.3, -0.25) is 4.79 Å². The fraction of sp³-hybridized carbons (Fsp3) is 0.462. The van der Waals surface area contributed by atoms with Crippen LogP contribution in [0.2, 0.25) is 0 Å². The van der Waals surface area contributed by atoms with Gasteiger partial charge in [0.25, 0.3) is 5.91 Å². The van der Waals surface area contributed by atoms with Crippen LogP contribution in [0.5, 0.6) is 23.0 Å². The zero-order chi connectivity index (χ0) is 24.9. The third-order valence-corrected chi connectivity index (χ3v) is 5.05. The number of aromatic hydroxyl groups is 1. The minimum atomic E-state index is -0.675. The number of benzene rings is 2. The second kappa shape index (κ2) is 14.0. The van der Waals surface area contributed by atoms with Crippen LogP contribution in [0.15, 0.2) is 30.3 Å². The highest BCUT2D eigenvalue weighted by molar-refractivity contribution is 5.96. The van der Waals surface area contributed by atoms with Crippen molar-refractivity contribution in [2.45, 2.75) is 52.9 Å². The summed E-state index contributed by atoms with van der Waals surface area (Å²) in [5, 5.41) is 10.4. The molecule has 1 amide bonds. The summed E-state index contributed by atoms with van der Waals surface area (Å²) in [5.41, 5.74) is 6.91. The predicted octanol–water partition coefficient (Wildman–Crippen LogP) is 4.19. The van der Waals surface area contributed by atoms with Crippen molar-refractivity contribution in [1.29, 1.82) is 0 Å². The number of esters is 1. The van der Waals surface area contributed by atoms with Gasteiger partial charge in [0, 0.05) is 17.5 Å². The monoisotopic (exact) mass is 473 g/mol. The van der Waals surface area contributed by atoms with Crippen molar-refractivity contribution in [3.8, 4) is 23.0 Å². The molecule has 0 heterocycles. The first-order valence-corrected chi connectivity index (χ1v) is 11.7. The van der Waals surface area contributed by atoms with Crippen molar-refractivity contribution < 1.29 is 33.6 Å². The average molecular weight is 474 g/mol. The van der Waals surface area contributed by atoms with Gasteiger partial charge in [0.05, 0.1) is 25.4 Å². The molecule has 2 aromatic rings. The Labute approximate surface area is 201 Å². The highest BCUT2D eigenvalue weighted by Crippen LogP contribution is 2.33. The second-order valence-electron chi connectivity index (χ2n) is 7.68. The lowest BCUT2D eigenvalue weighted by Gasteiger charge is -2.17. The van der Waals surface area contributed by atoms with Crippen LogP contribution in [0.25, 0.3) is 0 Å². The van der Waals surface area contributed by atoms with Crippen molar-refractivity contribution >= 4 is 11.9 Å². The minimum Gasteiger partial charge on any atom is -0.507 e. The van der Waals surface area contributed by atoms with Crippen LogP contribution in [0.1, 0.15) is 61.5 Å². The molecule has 0 aliphatic heterocycles. The van der Waals surface area contributed by atoms with Crippen LogP contribution in [0.4, 0.5) is 0 Å². The number of ether oxygens (including phenoxy) is 4. The Bertz CT molecular complexity index is 958. The SMILES string of the molecule is CCCc1c(OCCCOc2ccc(C(N)=O)c(O)c2CCC)cccc1OCC(=O)OCC. The van der Waals surface area contributed by atoms with Gasteiger partial charge >= 0.3 is 5.97 Å². The summed E-state index contributed by atoms with van der Waals surface area (Å²) in [5.74, 6) is 0.644. The number of hydrogen-bond acceptors (Lipinski definition) is 7. The highest BCUT2D eigenvalue weighted by atomic mass is 16.6. The van der Waals surface area contributed by atoms with E-state index in [2.05, 4.69) is 6.92 Å². The topological polar surface area (TPSA) is 117 Å². The van der Waals surface area contributed by atoms with Crippen molar-refractivity contribution in [3.63, 3.8) is 0 Å². The smallest absolute Gasteiger partial charge is 0.344 e. The van der Waals surface area contributed by atoms with Gasteiger partial charge in [-0.25, -0.2) is 4.79 Å². The Balaban J connectivity index is 1.97. The molecule has 0 bridgehead atoms. The lowest BCUT2D eigenvalue weighted by molar-refractivity contribution is -0.145. The number of primary amides is 1. The van der Waals surface area contributed by atoms with Crippen LogP contribution < -0.4 is 19.9 Å². The number of carbonyl (C=O) groups is 2. The van der Waals surface area contributed by atoms with E-state index in [4.69, 9.17) is 24.7 Å². The fourth-order valence-corrected chi connectivity index (χ4v) is 3.52. The first kappa shape index (κ1) is 26.8. The zero-order valence-corrected chi connectivity index (χ0v) is 20.2. The van der Waals surface area contributed by atoms with Crippen LogP contribution in [0.3, 0.4) is 0 Å². The van der Waals surface area contributed by atoms with Gasteiger partial charge in [-0.05, 0) is 44.0 Å². The van der Waals surface area contributed by atoms with Gasteiger partial charge in [-0.2, -0.15) is 0 Å². The predicted molar refractivity (Wildman–Crippen MR) is 129 cm³/mol. The minimum absolute atomic E-state index is 0.0904. The molecule has 8 heteroatoms. The Morgan fingerprint density at radius 3 is 2.03 bits per heavy atom. The van der Waals surface area contributed by atoms with E-state index in [1.165, 1.54) is 6.07 Å². The summed E-state index contributed by atoms with van der Waals surface area (Å²) in [6.45, 7) is 6.73. The Morgan fingerprint density at radius 2 is 1.44 bits per heavy atom. The lowest BCUT2D eigenvalue weighted by Crippen LogP contribution is -2.15. The molecule has 0 spiro atoms. The molecular formula is C26H35NO7. The van der Waals surface area contributed by atoms with Crippen LogP contribution in [-0.2, 0) is 22.4 Å². The molecule has 2 rings (SSSR count). The summed E-state index contributed by atoms with van der Waals surface area (Å²) in [7, 11) is 0. The van der Waals surface area contributed by atoms with Gasteiger partial charge in [0.1, 0.15) is 23.0 Å². The van der Waals surface area contributed by atoms with E-state index in [-0.39, 0.29) is 17.9 Å². The van der Waals surface area contributed by atoms with E-state index in [1.807, 2.05) is 25.1 Å². The van der Waals surface area contributed by atoms with E-state index in [1.54, 1.807) is 13.0 Å². The van der Waals surface area contributed by atoms with Gasteiger partial charge in [0.2, 0.25) is 0 Å². The van der Waals surface area contributed by atoms with Gasteiger partial charge in [-0.15, -0.1) is 0 Å². The van der Waals surface area contributed by atoms with E-state index >= 15 is 0 Å². The average Bonchev–Trinajstić information content (AvgIpc) is 2.81. The largest absolute Gasteiger partial charge is 0.507 e. The summed E-state index contributed by atoms with van der Waals surface area (Å²) in [6, 6.07) is 8.66. The molecule has 0 fully saturated rings. The first-order valence-electron chi connectivity index (χ1n) is 11.7. The maximum Gasteiger partial charge on any atom is 0.344 e. The number of nitrogens with two attached hydrogens (primary N) is 1. The molecule has 186 valence electrons. The molecule has 0 saturated heterocycles. The summed E-state index contributed by atoms with van der Waals surface area (Å²) in [4.78, 5) is 23.1. The van der Waals surface area contributed by atoms with E-state index in [9.17, 15) is 14.7 Å². The highest BCUT2D eigenvalue weighted by Gasteiger charge is 2.17. The molecule has 0 aliphatic rings. The Morgan fingerprint density at radius 1 is 0.853 bits per heavy atom. The molecule has 0 saturated carbocycles. The number of rotatable bonds is 15. The summed E-state index contributed by atoms with van der Waals surface area (Å²) in [6.07, 6.45) is 3.59. The van der Waals surface area contributed by atoms with Gasteiger partial charge < -0.3 is 29.8 Å². The maximum atomic E-state index is 11.6. The molecule has 0 atom stereocenters. The fourth-order valence-electron chi connectivity index (χ4n) is 3.52. The molecule has 0 aliphatic carbocycles. The molecule has 0 aromatic heterocycles. The Kier molecular flexibility index (Phi) is 11.0. The van der Waals surface area contributed by atoms with Crippen LogP contribution >= 0.6 is 0 Å². The third kappa shape index (κ3) is 7.57. The summed E-state index contributed by atoms with van der Waals surface area (Å²) >= 11 is 0. The van der Waals surface area contributed by atoms with E-state index in [0.717, 1.165) is 24.8 Å². The van der Waals surface area contributed by atoms with Crippen molar-refractivity contribution in [2.24, 2.45) is 5.73 Å². The first-order chi connectivity index (χ1) is 16.4. The van der Waals surface area contributed by atoms with Gasteiger partial charge in [-0.1, -0.05) is 32.8 Å². The number of phenols is 1. The zero-order valence-electron chi connectivity index (χ0n) is 20.2. The molecule has 34 heavy (non-hydrogen) atoms. The van der Waals surface area contributed by atoms with Crippen molar-refractivity contribution in [1.82, 2.24) is 0 Å². The van der Waals surface area contributed by atoms with Gasteiger partial charge in [0.15, 0.2) is 6.61 Å². The molecule has 0 unspecified atom stereocenters. The van der Waals surface area contributed by atoms with Crippen molar-refractivity contribution in [2.75, 3.05) is 26.4 Å². The standard InChI is InChI=1S/C26H35NO7/c1-4-9-18-21(11-7-12-22(18)34-17-24(28)31-6-3)32-15-8-16-33-23-14-13-20(26(27)30)25(29)19(23)10-5-2/h7,11-14,29H,4-6,8-10,15-17H2,1-3H3,(H2,27,30). The lowest BCUT2D eigenvalue weighted by atomic mass is 10.0. The number of hydrogen-bond donors (Lipinski definition) is 2. The van der Waals surface area contributed by atoms with E-state index in [0.29, 0.717) is 55.5 Å². The van der Waals surface area contributed by atoms with E-state index < -0.39 is 11.9 Å². The number of amides is 1. The summed E-state index contributed by atoms with van der Waals surface area (Å²) < 4.78 is 22.4. The Hall–Kier alpha value is -3.42. The maximum absolute atomic E-state index is 11.6. The van der Waals surface area contributed by atoms with Crippen LogP contribution in [0, 0.1) is 0 Å². The molecule has 2 aromatic carbocycles. The normalized spacial score (nSPS) is 10.6. The van der Waals surface area contributed by atoms with Crippen LogP contribution in [-0.4, -0.2) is 43.4 Å².